The molecule has 27 heavy (non-hydrogen) atoms. The summed E-state index contributed by atoms with van der Waals surface area (Å²) in [6.45, 7) is 1.85. The van der Waals surface area contributed by atoms with Gasteiger partial charge in [0.1, 0.15) is 0 Å². The van der Waals surface area contributed by atoms with Gasteiger partial charge in [0, 0.05) is 12.5 Å². The number of hydrogen-bond acceptors (Lipinski definition) is 3. The second kappa shape index (κ2) is 7.09. The number of nitrogens with zero attached hydrogens (tertiary/aromatic N) is 3. The number of carbonyl (C=O) groups is 2. The highest BCUT2D eigenvalue weighted by Gasteiger charge is 2.31. The van der Waals surface area contributed by atoms with Crippen LogP contribution in [0.15, 0.2) is 24.3 Å². The first kappa shape index (κ1) is 17.6. The minimum absolute atomic E-state index is 0.103. The minimum Gasteiger partial charge on any atom is -0.346 e. The van der Waals surface area contributed by atoms with Crippen molar-refractivity contribution in [2.75, 3.05) is 6.54 Å². The van der Waals surface area contributed by atoms with Gasteiger partial charge in [-0.15, -0.1) is 0 Å². The molecular formula is C19H20F2N4O2. The van der Waals surface area contributed by atoms with Crippen molar-refractivity contribution >= 4 is 11.8 Å². The molecule has 2 amide bonds. The molecule has 1 aromatic heterocycles. The number of carbonyl (C=O) groups excluding carboxylic acids is 2. The van der Waals surface area contributed by atoms with Crippen LogP contribution in [0.2, 0.25) is 0 Å². The normalized spacial score (nSPS) is 16.6. The highest BCUT2D eigenvalue weighted by Crippen LogP contribution is 2.29. The molecule has 0 saturated heterocycles. The number of amides is 2. The van der Waals surface area contributed by atoms with Gasteiger partial charge >= 0.3 is 0 Å². The lowest BCUT2D eigenvalue weighted by molar-refractivity contribution is -0.139. The fourth-order valence-corrected chi connectivity index (χ4v) is 3.46. The average molecular weight is 374 g/mol. The van der Waals surface area contributed by atoms with Crippen LogP contribution >= 0.6 is 0 Å². The Bertz CT molecular complexity index is 892. The van der Waals surface area contributed by atoms with Crippen LogP contribution in [0.3, 0.4) is 0 Å². The zero-order chi connectivity index (χ0) is 19.0. The molecule has 1 fully saturated rings. The van der Waals surface area contributed by atoms with E-state index in [1.165, 1.54) is 12.1 Å². The molecule has 0 bridgehead atoms. The van der Waals surface area contributed by atoms with E-state index in [2.05, 4.69) is 10.4 Å². The molecule has 0 radical (unpaired) electrons. The topological polar surface area (TPSA) is 67.2 Å². The number of hydrogen-bond donors (Lipinski definition) is 1. The van der Waals surface area contributed by atoms with E-state index in [0.717, 1.165) is 31.0 Å². The van der Waals surface area contributed by atoms with Crippen molar-refractivity contribution in [1.82, 2.24) is 20.0 Å². The van der Waals surface area contributed by atoms with Crippen molar-refractivity contribution < 1.29 is 18.4 Å². The summed E-state index contributed by atoms with van der Waals surface area (Å²) < 4.78 is 28.8. The van der Waals surface area contributed by atoms with Crippen LogP contribution in [-0.4, -0.2) is 33.0 Å². The number of rotatable bonds is 4. The van der Waals surface area contributed by atoms with Gasteiger partial charge in [0.05, 0.1) is 36.6 Å². The van der Waals surface area contributed by atoms with E-state index in [-0.39, 0.29) is 23.9 Å². The van der Waals surface area contributed by atoms with E-state index in [9.17, 15) is 18.4 Å². The Morgan fingerprint density at radius 1 is 1.22 bits per heavy atom. The van der Waals surface area contributed by atoms with Crippen molar-refractivity contribution in [3.8, 4) is 0 Å². The van der Waals surface area contributed by atoms with Gasteiger partial charge in [-0.1, -0.05) is 12.5 Å². The summed E-state index contributed by atoms with van der Waals surface area (Å²) >= 11 is 0. The van der Waals surface area contributed by atoms with E-state index < -0.39 is 17.5 Å². The molecule has 2 aliphatic rings. The van der Waals surface area contributed by atoms with Gasteiger partial charge in [-0.25, -0.2) is 8.78 Å². The van der Waals surface area contributed by atoms with Gasteiger partial charge in [-0.3, -0.25) is 14.3 Å². The lowest BCUT2D eigenvalue weighted by Gasteiger charge is -2.34. The average Bonchev–Trinajstić information content (AvgIpc) is 3.02. The summed E-state index contributed by atoms with van der Waals surface area (Å²) in [6.07, 6.45) is 3.07. The summed E-state index contributed by atoms with van der Waals surface area (Å²) in [6, 6.07) is 5.32. The van der Waals surface area contributed by atoms with E-state index in [1.54, 1.807) is 0 Å². The maximum absolute atomic E-state index is 13.7. The van der Waals surface area contributed by atoms with Crippen molar-refractivity contribution in [2.45, 2.75) is 38.9 Å². The summed E-state index contributed by atoms with van der Waals surface area (Å²) in [7, 11) is 0. The van der Waals surface area contributed by atoms with E-state index in [1.807, 2.05) is 15.6 Å². The molecule has 1 aromatic carbocycles. The minimum atomic E-state index is -1.16. The fourth-order valence-electron chi connectivity index (χ4n) is 3.46. The van der Waals surface area contributed by atoms with Crippen LogP contribution in [0.5, 0.6) is 0 Å². The molecule has 142 valence electrons. The van der Waals surface area contributed by atoms with E-state index >= 15 is 0 Å². The summed E-state index contributed by atoms with van der Waals surface area (Å²) in [4.78, 5) is 26.4. The van der Waals surface area contributed by atoms with E-state index in [0.29, 0.717) is 25.3 Å². The largest absolute Gasteiger partial charge is 0.346 e. The summed E-state index contributed by atoms with van der Waals surface area (Å²) in [5.74, 6) is -2.54. The smallest absolute Gasteiger partial charge is 0.254 e. The Labute approximate surface area is 155 Å². The predicted octanol–water partition coefficient (Wildman–Crippen LogP) is 2.23. The Kier molecular flexibility index (Phi) is 4.63. The van der Waals surface area contributed by atoms with Crippen LogP contribution in [0.1, 0.15) is 41.0 Å². The Morgan fingerprint density at radius 3 is 2.78 bits per heavy atom. The maximum Gasteiger partial charge on any atom is 0.254 e. The highest BCUT2D eigenvalue weighted by atomic mass is 19.2. The standard InChI is InChI=1S/C19H20F2N4O2/c20-16-6-2-5-15(17(16)21)18(26)22-10-13-9-14-11-24(7-8-25(14)23-13)19(27)12-3-1-4-12/h2,5-6,9,12H,1,3-4,7-8,10-11H2,(H,22,26). The van der Waals surface area contributed by atoms with Crippen LogP contribution in [0, 0.1) is 17.6 Å². The lowest BCUT2D eigenvalue weighted by Crippen LogP contribution is -2.43. The third-order valence-electron chi connectivity index (χ3n) is 5.24. The molecule has 8 heteroatoms. The first-order valence-corrected chi connectivity index (χ1v) is 9.09. The molecule has 2 heterocycles. The first-order chi connectivity index (χ1) is 13.0. The predicted molar refractivity (Wildman–Crippen MR) is 92.5 cm³/mol. The first-order valence-electron chi connectivity index (χ1n) is 9.09. The molecule has 1 aliphatic heterocycles. The Balaban J connectivity index is 1.39. The van der Waals surface area contributed by atoms with E-state index in [4.69, 9.17) is 0 Å². The van der Waals surface area contributed by atoms with Gasteiger partial charge in [-0.2, -0.15) is 5.10 Å². The second-order valence-corrected chi connectivity index (χ2v) is 7.02. The third kappa shape index (κ3) is 3.43. The van der Waals surface area contributed by atoms with Crippen molar-refractivity contribution in [2.24, 2.45) is 5.92 Å². The maximum atomic E-state index is 13.7. The van der Waals surface area contributed by atoms with Crippen LogP contribution in [-0.2, 0) is 24.4 Å². The monoisotopic (exact) mass is 374 g/mol. The van der Waals surface area contributed by atoms with Crippen molar-refractivity contribution in [1.29, 1.82) is 0 Å². The summed E-state index contributed by atoms with van der Waals surface area (Å²) in [5.41, 5.74) is 1.19. The zero-order valence-corrected chi connectivity index (χ0v) is 14.8. The molecule has 6 nitrogen and oxygen atoms in total. The second-order valence-electron chi connectivity index (χ2n) is 7.02. The highest BCUT2D eigenvalue weighted by molar-refractivity contribution is 5.94. The summed E-state index contributed by atoms with van der Waals surface area (Å²) in [5, 5.41) is 6.99. The molecule has 0 spiro atoms. The van der Waals surface area contributed by atoms with Crippen LogP contribution in [0.4, 0.5) is 8.78 Å². The number of fused-ring (bicyclic) bond motifs is 1. The lowest BCUT2D eigenvalue weighted by atomic mass is 9.84. The zero-order valence-electron chi connectivity index (χ0n) is 14.8. The van der Waals surface area contributed by atoms with Crippen LogP contribution < -0.4 is 5.32 Å². The fraction of sp³-hybridized carbons (Fsp3) is 0.421. The number of aromatic nitrogens is 2. The molecule has 0 atom stereocenters. The quantitative estimate of drug-likeness (QED) is 0.893. The van der Waals surface area contributed by atoms with Gasteiger partial charge < -0.3 is 10.2 Å². The molecule has 2 aromatic rings. The number of benzene rings is 1. The van der Waals surface area contributed by atoms with Gasteiger partial charge in [-0.05, 0) is 31.0 Å². The van der Waals surface area contributed by atoms with Gasteiger partial charge in [0.2, 0.25) is 5.91 Å². The van der Waals surface area contributed by atoms with Crippen molar-refractivity contribution in [3.63, 3.8) is 0 Å². The Morgan fingerprint density at radius 2 is 2.04 bits per heavy atom. The molecular weight excluding hydrogens is 354 g/mol. The SMILES string of the molecule is O=C(NCc1cc2n(n1)CCN(C(=O)C1CCC1)C2)c1cccc(F)c1F. The molecule has 1 N–H and O–H groups in total. The number of nitrogens with one attached hydrogen (secondary N) is 1. The van der Waals surface area contributed by atoms with Gasteiger partial charge in [0.15, 0.2) is 11.6 Å². The molecule has 1 aliphatic carbocycles. The third-order valence-corrected chi connectivity index (χ3v) is 5.24. The van der Waals surface area contributed by atoms with Crippen LogP contribution in [0.25, 0.3) is 0 Å². The molecule has 0 unspecified atom stereocenters. The Hall–Kier alpha value is -2.77. The van der Waals surface area contributed by atoms with Crippen molar-refractivity contribution in [3.05, 3.63) is 52.9 Å². The molecule has 1 saturated carbocycles. The molecule has 4 rings (SSSR count). The van der Waals surface area contributed by atoms with Gasteiger partial charge in [0.25, 0.3) is 5.91 Å². The number of halogens is 2.